The molecule has 2 bridgehead atoms. The van der Waals surface area contributed by atoms with Crippen LogP contribution in [0.5, 0.6) is 0 Å². The van der Waals surface area contributed by atoms with Crippen molar-refractivity contribution in [3.05, 3.63) is 41.5 Å². The fourth-order valence-corrected chi connectivity index (χ4v) is 10.1. The number of ether oxygens (including phenoxy) is 5. The topological polar surface area (TPSA) is 174 Å². The Morgan fingerprint density at radius 3 is 2.40 bits per heavy atom. The van der Waals surface area contributed by atoms with Crippen LogP contribution in [-0.2, 0) is 54.2 Å². The van der Waals surface area contributed by atoms with Crippen molar-refractivity contribution in [2.24, 2.45) is 23.2 Å². The molecule has 10 atom stereocenters. The van der Waals surface area contributed by atoms with E-state index in [0.717, 1.165) is 56.1 Å². The van der Waals surface area contributed by atoms with Crippen molar-refractivity contribution >= 4 is 29.8 Å². The highest BCUT2D eigenvalue weighted by Crippen LogP contribution is 2.63. The summed E-state index contributed by atoms with van der Waals surface area (Å²) in [6, 6.07) is 6.45. The maximum atomic E-state index is 14.6. The Balaban J connectivity index is 0.893. The van der Waals surface area contributed by atoms with Crippen molar-refractivity contribution in [3.8, 4) is 0 Å². The molecule has 4 saturated heterocycles. The van der Waals surface area contributed by atoms with Crippen LogP contribution >= 0.6 is 0 Å². The molecule has 4 aliphatic carbocycles. The number of hydroxylamine groups is 2. The summed E-state index contributed by atoms with van der Waals surface area (Å²) in [4.78, 5) is 60.7. The molecule has 310 valence electrons. The molecular formula is C43H57N3O11. The molecule has 9 rings (SSSR count). The van der Waals surface area contributed by atoms with Crippen LogP contribution in [0, 0.1) is 23.2 Å². The maximum Gasteiger partial charge on any atom is 0.327 e. The lowest BCUT2D eigenvalue weighted by molar-refractivity contribution is -0.235. The predicted octanol–water partition coefficient (Wildman–Crippen LogP) is 3.47. The fraction of sp³-hybridized carbons (Fsp3) is 0.721. The Hall–Kier alpha value is -3.40. The van der Waals surface area contributed by atoms with E-state index in [1.54, 1.807) is 25.8 Å². The van der Waals surface area contributed by atoms with E-state index in [2.05, 4.69) is 34.9 Å². The first-order valence-electron chi connectivity index (χ1n) is 21.2. The Morgan fingerprint density at radius 2 is 1.72 bits per heavy atom. The highest BCUT2D eigenvalue weighted by molar-refractivity contribution is 5.94. The highest BCUT2D eigenvalue weighted by atomic mass is 16.8. The van der Waals surface area contributed by atoms with Gasteiger partial charge in [-0.25, -0.2) is 0 Å². The number of esters is 2. The summed E-state index contributed by atoms with van der Waals surface area (Å²) in [6.07, 6.45) is 10.4. The normalized spacial score (nSPS) is 35.5. The number of hydrogen-bond acceptors (Lipinski definition) is 12. The largest absolute Gasteiger partial charge is 0.460 e. The number of aliphatic hydroxyl groups excluding tert-OH is 1. The first kappa shape index (κ1) is 39.1. The molecule has 4 aliphatic heterocycles. The van der Waals surface area contributed by atoms with Gasteiger partial charge in [0.05, 0.1) is 31.4 Å². The van der Waals surface area contributed by atoms with Gasteiger partial charge in [-0.2, -0.15) is 5.06 Å². The van der Waals surface area contributed by atoms with E-state index in [4.69, 9.17) is 28.5 Å². The number of fused-ring (bicyclic) bond motifs is 5. The number of nitrogens with zero attached hydrogens (tertiary/aromatic N) is 1. The molecule has 4 heterocycles. The molecule has 0 aromatic heterocycles. The Morgan fingerprint density at radius 1 is 0.982 bits per heavy atom. The monoisotopic (exact) mass is 791 g/mol. The second-order valence-corrected chi connectivity index (χ2v) is 18.6. The zero-order valence-electron chi connectivity index (χ0n) is 33.2. The van der Waals surface area contributed by atoms with E-state index >= 15 is 0 Å². The van der Waals surface area contributed by atoms with Crippen LogP contribution in [0.15, 0.2) is 30.3 Å². The van der Waals surface area contributed by atoms with E-state index in [-0.39, 0.29) is 57.2 Å². The summed E-state index contributed by atoms with van der Waals surface area (Å²) < 4.78 is 31.0. The lowest BCUT2D eigenvalue weighted by Gasteiger charge is -2.48. The molecule has 14 heteroatoms. The van der Waals surface area contributed by atoms with Crippen LogP contribution in [0.4, 0.5) is 0 Å². The predicted molar refractivity (Wildman–Crippen MR) is 202 cm³/mol. The van der Waals surface area contributed by atoms with Gasteiger partial charge in [0.15, 0.2) is 11.8 Å². The Labute approximate surface area is 333 Å². The third-order valence-corrected chi connectivity index (χ3v) is 13.2. The molecular weight excluding hydrogens is 734 g/mol. The van der Waals surface area contributed by atoms with Crippen molar-refractivity contribution < 1.29 is 52.8 Å². The van der Waals surface area contributed by atoms with Crippen LogP contribution in [-0.4, -0.2) is 107 Å². The van der Waals surface area contributed by atoms with Crippen molar-refractivity contribution in [2.45, 2.75) is 158 Å². The van der Waals surface area contributed by atoms with Crippen LogP contribution in [0.1, 0.15) is 103 Å². The molecule has 4 saturated carbocycles. The molecule has 14 nitrogen and oxygen atoms in total. The second kappa shape index (κ2) is 15.0. The minimum absolute atomic E-state index is 0.0145. The van der Waals surface area contributed by atoms with Gasteiger partial charge in [-0.05, 0) is 89.2 Å². The van der Waals surface area contributed by atoms with Crippen molar-refractivity contribution in [1.82, 2.24) is 15.7 Å². The second-order valence-electron chi connectivity index (χ2n) is 18.6. The average molecular weight is 792 g/mol. The van der Waals surface area contributed by atoms with Crippen LogP contribution in [0.2, 0.25) is 0 Å². The molecule has 1 aromatic carbocycles. The molecule has 1 aromatic rings. The molecule has 3 N–H and O–H groups in total. The van der Waals surface area contributed by atoms with Gasteiger partial charge in [0.25, 0.3) is 0 Å². The van der Waals surface area contributed by atoms with Gasteiger partial charge >= 0.3 is 11.9 Å². The van der Waals surface area contributed by atoms with Crippen molar-refractivity contribution in [2.75, 3.05) is 13.2 Å². The lowest BCUT2D eigenvalue weighted by Crippen LogP contribution is -2.69. The van der Waals surface area contributed by atoms with Gasteiger partial charge in [0.2, 0.25) is 11.8 Å². The number of hydrogen-bond donors (Lipinski definition) is 3. The van der Waals surface area contributed by atoms with Crippen molar-refractivity contribution in [1.29, 1.82) is 0 Å². The van der Waals surface area contributed by atoms with E-state index < -0.39 is 77.1 Å². The van der Waals surface area contributed by atoms with E-state index in [1.807, 2.05) is 12.1 Å². The molecule has 8 aliphatic rings. The number of allylic oxidation sites excluding steroid dienone is 1. The summed E-state index contributed by atoms with van der Waals surface area (Å²) >= 11 is 0. The van der Waals surface area contributed by atoms with Crippen LogP contribution in [0.25, 0.3) is 6.08 Å². The number of amides is 2. The summed E-state index contributed by atoms with van der Waals surface area (Å²) in [6.45, 7) is 5.20. The maximum absolute atomic E-state index is 14.6. The lowest BCUT2D eigenvalue weighted by atomic mass is 9.62. The third-order valence-electron chi connectivity index (χ3n) is 13.2. The van der Waals surface area contributed by atoms with Crippen LogP contribution in [0.3, 0.4) is 0 Å². The first-order valence-corrected chi connectivity index (χ1v) is 21.2. The molecule has 2 amide bonds. The Kier molecular flexibility index (Phi) is 10.3. The standard InChI is InChI=1S/C43H57N3O11/c1-41(2,3)54-34(49)17-15-29(23-47)45-33(48)18-19-44-40(51)42-21-32-35-36(56-43(55-35,27-11-12-27)28-13-14-28)38(42)57-46(37(42)39(50)53-32)22-26-8-5-24(6-9-26)4-7-25-10-16-30-31(20-25)52-30/h4-9,25,27-32,35-38,47H,10-23H2,1-3H3,(H,44,51)(H,45,48)/t25?,29-,30?,31?,32+,35-,36-,37-,38+,42-/m0/s1. The quantitative estimate of drug-likeness (QED) is 0.175. The number of carbonyl (C=O) groups excluding carboxylic acids is 4. The van der Waals surface area contributed by atoms with Crippen molar-refractivity contribution in [3.63, 3.8) is 0 Å². The van der Waals surface area contributed by atoms with Gasteiger partial charge in [-0.3, -0.25) is 24.0 Å². The molecule has 0 radical (unpaired) electrons. The fourth-order valence-electron chi connectivity index (χ4n) is 10.1. The van der Waals surface area contributed by atoms with Gasteiger partial charge in [-0.1, -0.05) is 36.4 Å². The zero-order valence-corrected chi connectivity index (χ0v) is 33.2. The third kappa shape index (κ3) is 7.78. The summed E-state index contributed by atoms with van der Waals surface area (Å²) in [5.74, 6) is -1.47. The molecule has 0 spiro atoms. The minimum Gasteiger partial charge on any atom is -0.460 e. The Bertz CT molecular complexity index is 1740. The summed E-state index contributed by atoms with van der Waals surface area (Å²) in [5.41, 5.74) is 0.0107. The van der Waals surface area contributed by atoms with Gasteiger partial charge in [-0.15, -0.1) is 0 Å². The minimum atomic E-state index is -1.35. The average Bonchev–Trinajstić information content (AvgIpc) is 4.07. The molecule has 8 fully saturated rings. The number of benzene rings is 1. The number of carbonyl (C=O) groups is 4. The summed E-state index contributed by atoms with van der Waals surface area (Å²) in [5, 5.41) is 17.2. The molecule has 3 unspecified atom stereocenters. The zero-order chi connectivity index (χ0) is 39.7. The number of rotatable bonds is 15. The summed E-state index contributed by atoms with van der Waals surface area (Å²) in [7, 11) is 0. The smallest absolute Gasteiger partial charge is 0.327 e. The SMILES string of the molecule is CC(C)(C)OC(=O)CC[C@@H](CO)NC(=O)CCNC(=O)[C@@]12C[C@H]3OC(=O)[C@@H]1N(Cc1ccc(C=CC4CCC5OC5C4)cc1)O[C@@H]2[C@H]1OC(C2CC2)(C2CC2)O[C@H]13. The van der Waals surface area contributed by atoms with Gasteiger partial charge in [0.1, 0.15) is 35.4 Å². The van der Waals surface area contributed by atoms with Crippen LogP contribution < -0.4 is 10.6 Å². The van der Waals surface area contributed by atoms with E-state index in [1.165, 1.54) is 0 Å². The van der Waals surface area contributed by atoms with E-state index in [0.29, 0.717) is 18.1 Å². The van der Waals surface area contributed by atoms with Gasteiger partial charge in [0, 0.05) is 37.6 Å². The van der Waals surface area contributed by atoms with E-state index in [9.17, 15) is 24.3 Å². The number of epoxide rings is 1. The van der Waals surface area contributed by atoms with Gasteiger partial charge < -0.3 is 39.4 Å². The highest BCUT2D eigenvalue weighted by Gasteiger charge is 2.78. The number of aliphatic hydroxyl groups is 1. The number of nitrogens with one attached hydrogen (secondary N) is 2. The first-order chi connectivity index (χ1) is 27.3. The molecule has 57 heavy (non-hydrogen) atoms.